The monoisotopic (exact) mass is 324 g/mol. The highest BCUT2D eigenvalue weighted by atomic mass is 35.5. The van der Waals surface area contributed by atoms with Gasteiger partial charge in [0.1, 0.15) is 0 Å². The summed E-state index contributed by atoms with van der Waals surface area (Å²) >= 11 is 0. The van der Waals surface area contributed by atoms with Crippen molar-refractivity contribution in [1.82, 2.24) is 10.2 Å². The Labute approximate surface area is 140 Å². The second-order valence-corrected chi connectivity index (χ2v) is 6.41. The maximum atomic E-state index is 12.4. The molecule has 0 saturated carbocycles. The molecule has 1 N–H and O–H groups in total. The predicted molar refractivity (Wildman–Crippen MR) is 94.9 cm³/mol. The molecule has 1 unspecified atom stereocenters. The Morgan fingerprint density at radius 3 is 2.36 bits per heavy atom. The van der Waals surface area contributed by atoms with Gasteiger partial charge in [0.25, 0.3) is 0 Å². The van der Waals surface area contributed by atoms with Crippen molar-refractivity contribution in [2.24, 2.45) is 0 Å². The molecule has 0 spiro atoms. The van der Waals surface area contributed by atoms with Gasteiger partial charge in [0, 0.05) is 26.1 Å². The molecule has 1 amide bonds. The van der Waals surface area contributed by atoms with E-state index in [0.717, 1.165) is 32.6 Å². The normalized spacial score (nSPS) is 16.8. The second kappa shape index (κ2) is 9.16. The van der Waals surface area contributed by atoms with Gasteiger partial charge in [-0.3, -0.25) is 4.79 Å². The number of carbonyl (C=O) groups excluding carboxylic acids is 1. The fraction of sp³-hybridized carbons (Fsp3) is 0.611. The molecule has 1 atom stereocenters. The van der Waals surface area contributed by atoms with E-state index in [9.17, 15) is 4.79 Å². The number of nitrogens with zero attached hydrogens (tertiary/aromatic N) is 1. The van der Waals surface area contributed by atoms with Crippen molar-refractivity contribution >= 4 is 18.3 Å². The summed E-state index contributed by atoms with van der Waals surface area (Å²) in [5.41, 5.74) is 2.62. The van der Waals surface area contributed by atoms with Gasteiger partial charge < -0.3 is 10.2 Å². The first-order chi connectivity index (χ1) is 10.1. The van der Waals surface area contributed by atoms with Gasteiger partial charge in [-0.15, -0.1) is 12.4 Å². The molecule has 1 aliphatic rings. The lowest BCUT2D eigenvalue weighted by Crippen LogP contribution is -2.34. The molecule has 0 aromatic heterocycles. The minimum Gasteiger partial charge on any atom is -0.341 e. The third-order valence-corrected chi connectivity index (χ3v) is 4.35. The van der Waals surface area contributed by atoms with Gasteiger partial charge in [-0.05, 0) is 35.9 Å². The van der Waals surface area contributed by atoms with Gasteiger partial charge >= 0.3 is 0 Å². The summed E-state index contributed by atoms with van der Waals surface area (Å²) in [6, 6.07) is 8.74. The van der Waals surface area contributed by atoms with Crippen LogP contribution in [0.2, 0.25) is 0 Å². The van der Waals surface area contributed by atoms with Crippen LogP contribution < -0.4 is 5.32 Å². The number of carbonyl (C=O) groups is 1. The summed E-state index contributed by atoms with van der Waals surface area (Å²) < 4.78 is 0. The molecule has 124 valence electrons. The van der Waals surface area contributed by atoms with Crippen LogP contribution in [-0.4, -0.2) is 37.0 Å². The highest BCUT2D eigenvalue weighted by molar-refractivity contribution is 5.85. The third-order valence-electron chi connectivity index (χ3n) is 4.35. The zero-order valence-corrected chi connectivity index (χ0v) is 14.8. The number of nitrogens with one attached hydrogen (secondary N) is 1. The molecule has 2 rings (SSSR count). The van der Waals surface area contributed by atoms with E-state index in [4.69, 9.17) is 0 Å². The van der Waals surface area contributed by atoms with Crippen LogP contribution in [0.1, 0.15) is 56.6 Å². The first-order valence-electron chi connectivity index (χ1n) is 8.16. The van der Waals surface area contributed by atoms with Crippen LogP contribution in [0, 0.1) is 0 Å². The fourth-order valence-corrected chi connectivity index (χ4v) is 2.81. The first kappa shape index (κ1) is 19.0. The fourth-order valence-electron chi connectivity index (χ4n) is 2.81. The SMILES string of the molecule is CC(C)c1ccc(C(C)CC(=O)N2CCCNCC2)cc1.Cl. The molecule has 22 heavy (non-hydrogen) atoms. The molecule has 0 radical (unpaired) electrons. The quantitative estimate of drug-likeness (QED) is 0.918. The third kappa shape index (κ3) is 5.29. The lowest BCUT2D eigenvalue weighted by atomic mass is 9.94. The second-order valence-electron chi connectivity index (χ2n) is 6.41. The Kier molecular flexibility index (Phi) is 7.91. The molecule has 0 bridgehead atoms. The molecule has 3 nitrogen and oxygen atoms in total. The van der Waals surface area contributed by atoms with E-state index in [1.165, 1.54) is 11.1 Å². The van der Waals surface area contributed by atoms with Crippen molar-refractivity contribution in [3.8, 4) is 0 Å². The molecule has 1 heterocycles. The maximum Gasteiger partial charge on any atom is 0.223 e. The summed E-state index contributed by atoms with van der Waals surface area (Å²) in [6.45, 7) is 10.2. The molecule has 0 aliphatic carbocycles. The zero-order chi connectivity index (χ0) is 15.2. The smallest absolute Gasteiger partial charge is 0.223 e. The van der Waals surface area contributed by atoms with Gasteiger partial charge in [0.15, 0.2) is 0 Å². The largest absolute Gasteiger partial charge is 0.341 e. The lowest BCUT2D eigenvalue weighted by Gasteiger charge is -2.22. The van der Waals surface area contributed by atoms with Crippen LogP contribution in [0.15, 0.2) is 24.3 Å². The van der Waals surface area contributed by atoms with Crippen LogP contribution in [0.3, 0.4) is 0 Å². The van der Waals surface area contributed by atoms with Crippen molar-refractivity contribution in [3.05, 3.63) is 35.4 Å². The molecule has 1 fully saturated rings. The molecule has 1 aromatic rings. The molecule has 1 saturated heterocycles. The molecule has 1 aromatic carbocycles. The van der Waals surface area contributed by atoms with Crippen molar-refractivity contribution < 1.29 is 4.79 Å². The molecule has 1 aliphatic heterocycles. The van der Waals surface area contributed by atoms with E-state index in [-0.39, 0.29) is 18.3 Å². The Morgan fingerprint density at radius 2 is 1.73 bits per heavy atom. The highest BCUT2D eigenvalue weighted by Crippen LogP contribution is 2.23. The van der Waals surface area contributed by atoms with Gasteiger partial charge in [-0.2, -0.15) is 0 Å². The topological polar surface area (TPSA) is 32.3 Å². The highest BCUT2D eigenvalue weighted by Gasteiger charge is 2.18. The van der Waals surface area contributed by atoms with Crippen LogP contribution in [0.5, 0.6) is 0 Å². The van der Waals surface area contributed by atoms with Crippen molar-refractivity contribution in [2.45, 2.75) is 45.4 Å². The average molecular weight is 325 g/mol. The number of hydrogen-bond donors (Lipinski definition) is 1. The van der Waals surface area contributed by atoms with Crippen LogP contribution in [-0.2, 0) is 4.79 Å². The number of benzene rings is 1. The van der Waals surface area contributed by atoms with Crippen LogP contribution in [0.25, 0.3) is 0 Å². The van der Waals surface area contributed by atoms with E-state index in [1.807, 2.05) is 4.90 Å². The van der Waals surface area contributed by atoms with E-state index in [0.29, 0.717) is 18.2 Å². The van der Waals surface area contributed by atoms with Gasteiger partial charge in [-0.1, -0.05) is 45.0 Å². The number of halogens is 1. The molecular weight excluding hydrogens is 296 g/mol. The maximum absolute atomic E-state index is 12.4. The summed E-state index contributed by atoms with van der Waals surface area (Å²) in [4.78, 5) is 14.4. The number of hydrogen-bond acceptors (Lipinski definition) is 2. The van der Waals surface area contributed by atoms with E-state index in [1.54, 1.807) is 0 Å². The predicted octanol–water partition coefficient (Wildman–Crippen LogP) is 3.55. The summed E-state index contributed by atoms with van der Waals surface area (Å²) in [5.74, 6) is 1.13. The molecule has 4 heteroatoms. The Bertz CT molecular complexity index is 451. The summed E-state index contributed by atoms with van der Waals surface area (Å²) in [7, 11) is 0. The van der Waals surface area contributed by atoms with Gasteiger partial charge in [-0.25, -0.2) is 0 Å². The van der Waals surface area contributed by atoms with E-state index >= 15 is 0 Å². The van der Waals surface area contributed by atoms with Crippen LogP contribution >= 0.6 is 12.4 Å². The first-order valence-corrected chi connectivity index (χ1v) is 8.16. The summed E-state index contributed by atoms with van der Waals surface area (Å²) in [6.07, 6.45) is 1.67. The standard InChI is InChI=1S/C18H28N2O.ClH/c1-14(2)16-5-7-17(8-6-16)15(3)13-18(21)20-11-4-9-19-10-12-20;/h5-8,14-15,19H,4,9-13H2,1-3H3;1H. The minimum absolute atomic E-state index is 0. The average Bonchev–Trinajstić information content (AvgIpc) is 2.76. The molecular formula is C18H29ClN2O. The zero-order valence-electron chi connectivity index (χ0n) is 14.0. The summed E-state index contributed by atoms with van der Waals surface area (Å²) in [5, 5.41) is 3.34. The van der Waals surface area contributed by atoms with Crippen molar-refractivity contribution in [3.63, 3.8) is 0 Å². The van der Waals surface area contributed by atoms with Crippen molar-refractivity contribution in [1.29, 1.82) is 0 Å². The van der Waals surface area contributed by atoms with Gasteiger partial charge in [0.2, 0.25) is 5.91 Å². The number of amides is 1. The van der Waals surface area contributed by atoms with Crippen molar-refractivity contribution in [2.75, 3.05) is 26.2 Å². The van der Waals surface area contributed by atoms with Gasteiger partial charge in [0.05, 0.1) is 0 Å². The Morgan fingerprint density at radius 1 is 1.09 bits per heavy atom. The Balaban J connectivity index is 0.00000242. The Hall–Kier alpha value is -1.06. The minimum atomic E-state index is 0. The van der Waals surface area contributed by atoms with E-state index in [2.05, 4.69) is 50.4 Å². The number of rotatable bonds is 4. The van der Waals surface area contributed by atoms with E-state index < -0.39 is 0 Å². The van der Waals surface area contributed by atoms with Crippen LogP contribution in [0.4, 0.5) is 0 Å². The lowest BCUT2D eigenvalue weighted by molar-refractivity contribution is -0.131.